The van der Waals surface area contributed by atoms with Gasteiger partial charge in [0.15, 0.2) is 0 Å². The minimum absolute atomic E-state index is 0.0545. The second-order valence-corrected chi connectivity index (χ2v) is 16.2. The molecule has 7 amide bonds. The fourth-order valence-electron chi connectivity index (χ4n) is 5.58. The highest BCUT2D eigenvalue weighted by Crippen LogP contribution is 2.13. The van der Waals surface area contributed by atoms with Crippen molar-refractivity contribution in [2.24, 2.45) is 29.4 Å². The van der Waals surface area contributed by atoms with Crippen LogP contribution >= 0.6 is 0 Å². The standard InChI is InChI=1S/C38H70N8O12/c1-12-20(8)29(45-35(54)28(39)22(10)48)36(55)43-25(14-18(4)5)32(51)44-27(16-47)34(53)42-24(13-17(2)3)31(50)41-26(15-19(6)7)33(52)46-30(23(11)49)37(56)40-21(9)38(57)58/h17-30,47-49H,12-16,39H2,1-11H3,(H,40,56)(H,41,50)(H,42,53)(H,43,55)(H,44,51)(H,45,54)(H,46,52)(H,57,58)/t20-,21-,22+,23+,24-,25-,26-,27-,28-,29-,30-/m0/s1. The lowest BCUT2D eigenvalue weighted by Gasteiger charge is -2.29. The van der Waals surface area contributed by atoms with E-state index in [1.807, 2.05) is 0 Å². The molecule has 0 saturated heterocycles. The number of nitrogens with one attached hydrogen (secondary N) is 7. The first kappa shape index (κ1) is 53.6. The minimum atomic E-state index is -1.59. The van der Waals surface area contributed by atoms with Gasteiger partial charge < -0.3 is 63.4 Å². The van der Waals surface area contributed by atoms with Crippen molar-refractivity contribution < 1.29 is 58.8 Å². The first-order chi connectivity index (χ1) is 26.8. The molecule has 0 bridgehead atoms. The van der Waals surface area contributed by atoms with Gasteiger partial charge in [0.25, 0.3) is 0 Å². The maximum atomic E-state index is 13.7. The first-order valence-electron chi connectivity index (χ1n) is 19.8. The van der Waals surface area contributed by atoms with Gasteiger partial charge in [0.1, 0.15) is 48.3 Å². The van der Waals surface area contributed by atoms with Crippen molar-refractivity contribution in [1.82, 2.24) is 37.2 Å². The number of carbonyl (C=O) groups is 8. The number of rotatable bonds is 26. The number of hydrogen-bond acceptors (Lipinski definition) is 12. The molecule has 0 fully saturated rings. The average Bonchev–Trinajstić information content (AvgIpc) is 3.11. The van der Waals surface area contributed by atoms with Crippen LogP contribution in [0.5, 0.6) is 0 Å². The summed E-state index contributed by atoms with van der Waals surface area (Å²) < 4.78 is 0. The lowest BCUT2D eigenvalue weighted by Crippen LogP contribution is -2.62. The van der Waals surface area contributed by atoms with E-state index >= 15 is 0 Å². The summed E-state index contributed by atoms with van der Waals surface area (Å²) in [5.74, 6) is -8.16. The zero-order valence-electron chi connectivity index (χ0n) is 35.8. The van der Waals surface area contributed by atoms with Crippen LogP contribution in [0.2, 0.25) is 0 Å². The van der Waals surface area contributed by atoms with Gasteiger partial charge in [-0.05, 0) is 63.7 Å². The maximum Gasteiger partial charge on any atom is 0.325 e. The molecule has 0 aromatic carbocycles. The van der Waals surface area contributed by atoms with Gasteiger partial charge in [-0.25, -0.2) is 0 Å². The van der Waals surface area contributed by atoms with Crippen LogP contribution in [0.25, 0.3) is 0 Å². The Kier molecular flexibility index (Phi) is 23.9. The van der Waals surface area contributed by atoms with Crippen LogP contribution < -0.4 is 43.0 Å². The van der Waals surface area contributed by atoms with E-state index in [-0.39, 0.29) is 37.0 Å². The molecule has 0 spiro atoms. The van der Waals surface area contributed by atoms with Crippen molar-refractivity contribution in [3.8, 4) is 0 Å². The molecule has 0 aromatic heterocycles. The molecule has 0 unspecified atom stereocenters. The van der Waals surface area contributed by atoms with E-state index < -0.39 is 120 Å². The monoisotopic (exact) mass is 831 g/mol. The van der Waals surface area contributed by atoms with E-state index in [0.29, 0.717) is 6.42 Å². The van der Waals surface area contributed by atoms with Crippen LogP contribution in [-0.2, 0) is 38.4 Å². The third kappa shape index (κ3) is 18.9. The Hall–Kier alpha value is -4.40. The lowest BCUT2D eigenvalue weighted by molar-refractivity contribution is -0.142. The van der Waals surface area contributed by atoms with Crippen molar-refractivity contribution in [1.29, 1.82) is 0 Å². The number of hydrogen-bond donors (Lipinski definition) is 12. The Morgan fingerprint density at radius 2 is 0.828 bits per heavy atom. The van der Waals surface area contributed by atoms with Crippen molar-refractivity contribution in [3.63, 3.8) is 0 Å². The highest BCUT2D eigenvalue weighted by atomic mass is 16.4. The largest absolute Gasteiger partial charge is 0.480 e. The summed E-state index contributed by atoms with van der Waals surface area (Å²) >= 11 is 0. The summed E-state index contributed by atoms with van der Waals surface area (Å²) in [5.41, 5.74) is 5.76. The van der Waals surface area contributed by atoms with Gasteiger partial charge >= 0.3 is 5.97 Å². The Morgan fingerprint density at radius 1 is 0.483 bits per heavy atom. The summed E-state index contributed by atoms with van der Waals surface area (Å²) in [6.07, 6.45) is -1.98. The van der Waals surface area contributed by atoms with Crippen LogP contribution in [-0.4, -0.2) is 135 Å². The number of nitrogens with two attached hydrogens (primary N) is 1. The van der Waals surface area contributed by atoms with Gasteiger partial charge in [0.05, 0.1) is 18.8 Å². The quantitative estimate of drug-likeness (QED) is 0.0439. The highest BCUT2D eigenvalue weighted by molar-refractivity contribution is 5.97. The van der Waals surface area contributed by atoms with Crippen molar-refractivity contribution in [2.75, 3.05) is 6.61 Å². The fourth-order valence-corrected chi connectivity index (χ4v) is 5.58. The Bertz CT molecular complexity index is 1390. The van der Waals surface area contributed by atoms with E-state index in [1.165, 1.54) is 20.8 Å². The molecular formula is C38H70N8O12. The van der Waals surface area contributed by atoms with Crippen LogP contribution in [0.1, 0.15) is 102 Å². The lowest BCUT2D eigenvalue weighted by atomic mass is 9.96. The van der Waals surface area contributed by atoms with Gasteiger partial charge in [-0.15, -0.1) is 0 Å². The predicted molar refractivity (Wildman–Crippen MR) is 213 cm³/mol. The molecule has 0 aliphatic rings. The topological polar surface area (TPSA) is 328 Å². The minimum Gasteiger partial charge on any atom is -0.480 e. The number of aliphatic carboxylic acids is 1. The Morgan fingerprint density at radius 3 is 1.17 bits per heavy atom. The van der Waals surface area contributed by atoms with Crippen LogP contribution in [0, 0.1) is 23.7 Å². The highest BCUT2D eigenvalue weighted by Gasteiger charge is 2.36. The van der Waals surface area contributed by atoms with Crippen molar-refractivity contribution in [2.45, 2.75) is 162 Å². The molecule has 0 aliphatic heterocycles. The predicted octanol–water partition coefficient (Wildman–Crippen LogP) is -2.25. The Balaban J connectivity index is 6.24. The average molecular weight is 831 g/mol. The number of carbonyl (C=O) groups excluding carboxylic acids is 7. The molecule has 0 rings (SSSR count). The van der Waals surface area contributed by atoms with Gasteiger partial charge in [0.2, 0.25) is 41.4 Å². The molecule has 0 radical (unpaired) electrons. The summed E-state index contributed by atoms with van der Waals surface area (Å²) in [6, 6.07) is -10.7. The third-order valence-electron chi connectivity index (χ3n) is 9.24. The second kappa shape index (κ2) is 25.9. The summed E-state index contributed by atoms with van der Waals surface area (Å²) in [5, 5.41) is 56.6. The second-order valence-electron chi connectivity index (χ2n) is 16.2. The molecule has 0 saturated carbocycles. The molecule has 20 heteroatoms. The molecular weight excluding hydrogens is 760 g/mol. The molecule has 58 heavy (non-hydrogen) atoms. The SMILES string of the molecule is CC[C@H](C)[C@H](NC(=O)[C@@H](N)[C@@H](C)O)C(=O)N[C@@H](CC(C)C)C(=O)N[C@@H](CO)C(=O)N[C@@H](CC(C)C)C(=O)N[C@@H](CC(C)C)C(=O)N[C@H](C(=O)N[C@@H](C)C(=O)O)[C@@H](C)O. The van der Waals surface area contributed by atoms with Gasteiger partial charge in [-0.2, -0.15) is 0 Å². The zero-order chi connectivity index (χ0) is 45.2. The van der Waals surface area contributed by atoms with Crippen LogP contribution in [0.3, 0.4) is 0 Å². The van der Waals surface area contributed by atoms with E-state index in [4.69, 9.17) is 10.8 Å². The number of aliphatic hydroxyl groups excluding tert-OH is 3. The maximum absolute atomic E-state index is 13.7. The molecule has 0 aromatic rings. The smallest absolute Gasteiger partial charge is 0.325 e. The number of aliphatic hydroxyl groups is 3. The molecule has 13 N–H and O–H groups in total. The fraction of sp³-hybridized carbons (Fsp3) is 0.789. The van der Waals surface area contributed by atoms with Crippen molar-refractivity contribution in [3.05, 3.63) is 0 Å². The normalized spacial score (nSPS) is 17.2. The molecule has 11 atom stereocenters. The third-order valence-corrected chi connectivity index (χ3v) is 9.24. The van der Waals surface area contributed by atoms with Gasteiger partial charge in [0, 0.05) is 0 Å². The molecule has 0 heterocycles. The molecule has 334 valence electrons. The van der Waals surface area contributed by atoms with E-state index in [9.17, 15) is 53.7 Å². The summed E-state index contributed by atoms with van der Waals surface area (Å²) in [4.78, 5) is 104. The van der Waals surface area contributed by atoms with Crippen molar-refractivity contribution >= 4 is 47.3 Å². The van der Waals surface area contributed by atoms with Crippen LogP contribution in [0.15, 0.2) is 0 Å². The summed E-state index contributed by atoms with van der Waals surface area (Å²) in [6.45, 7) is 17.0. The summed E-state index contributed by atoms with van der Waals surface area (Å²) in [7, 11) is 0. The Labute approximate surface area is 341 Å². The van der Waals surface area contributed by atoms with E-state index in [1.54, 1.807) is 55.4 Å². The van der Waals surface area contributed by atoms with Gasteiger partial charge in [-0.1, -0.05) is 61.8 Å². The first-order valence-corrected chi connectivity index (χ1v) is 19.8. The van der Waals surface area contributed by atoms with E-state index in [2.05, 4.69) is 37.2 Å². The zero-order valence-corrected chi connectivity index (χ0v) is 35.8. The molecule has 0 aliphatic carbocycles. The van der Waals surface area contributed by atoms with Crippen LogP contribution in [0.4, 0.5) is 0 Å². The number of carboxylic acid groups (broad SMARTS) is 1. The molecule has 20 nitrogen and oxygen atoms in total. The number of carboxylic acids is 1. The van der Waals surface area contributed by atoms with E-state index in [0.717, 1.165) is 0 Å². The van der Waals surface area contributed by atoms with Gasteiger partial charge in [-0.3, -0.25) is 38.4 Å². The number of amides is 7.